The first kappa shape index (κ1) is 17.0. The van der Waals surface area contributed by atoms with Gasteiger partial charge in [-0.1, -0.05) is 12.1 Å². The third kappa shape index (κ3) is 4.34. The Bertz CT molecular complexity index is 376. The Morgan fingerprint density at radius 1 is 1.07 bits per heavy atom. The number of carbonyl (C=O) groups is 2. The number of aromatic carboxylic acids is 2. The van der Waals surface area contributed by atoms with Crippen LogP contribution in [0.1, 0.15) is 26.3 Å². The Morgan fingerprint density at radius 3 is 1.93 bits per heavy atom. The van der Waals surface area contributed by atoms with Crippen LogP contribution in [0, 0.1) is 6.92 Å². The zero-order valence-electron chi connectivity index (χ0n) is 7.47. The molecule has 0 fully saturated rings. The van der Waals surface area contributed by atoms with Crippen molar-refractivity contribution in [1.29, 1.82) is 0 Å². The van der Waals surface area contributed by atoms with E-state index in [1.165, 1.54) is 25.1 Å². The third-order valence-electron chi connectivity index (χ3n) is 1.68. The van der Waals surface area contributed by atoms with Crippen molar-refractivity contribution in [2.45, 2.75) is 6.92 Å². The molecule has 0 spiro atoms. The van der Waals surface area contributed by atoms with E-state index in [1.54, 1.807) is 0 Å². The Hall–Kier alpha value is -0.359. The standard InChI is InChI=1S/C9H8O4.2Ag/c1-5-4-6(8(10)11)2-3-7(5)9(12)13;;/h2-4H,1H3,(H,10,11)(H,12,13);;/q;2*+1/p-2. The SMILES string of the molecule is Cc1cc(C(=O)[O-])ccc1C(=O)[O-].[Ag+].[Ag+]. The van der Waals surface area contributed by atoms with E-state index in [0.717, 1.165) is 0 Å². The molecule has 0 aromatic heterocycles. The van der Waals surface area contributed by atoms with Crippen molar-refractivity contribution in [2.75, 3.05) is 0 Å². The van der Waals surface area contributed by atoms with E-state index in [1.807, 2.05) is 0 Å². The van der Waals surface area contributed by atoms with Crippen LogP contribution in [0.4, 0.5) is 0 Å². The molecule has 0 heterocycles. The molecule has 0 N–H and O–H groups in total. The summed E-state index contributed by atoms with van der Waals surface area (Å²) in [6.07, 6.45) is 0. The average molecular weight is 394 g/mol. The van der Waals surface area contributed by atoms with Crippen LogP contribution in [0.15, 0.2) is 18.2 Å². The summed E-state index contributed by atoms with van der Waals surface area (Å²) in [6, 6.07) is 3.60. The third-order valence-corrected chi connectivity index (χ3v) is 1.68. The van der Waals surface area contributed by atoms with Gasteiger partial charge in [-0.05, 0) is 24.1 Å². The van der Waals surface area contributed by atoms with Crippen LogP contribution < -0.4 is 10.2 Å². The summed E-state index contributed by atoms with van der Waals surface area (Å²) in [5, 5.41) is 20.8. The van der Waals surface area contributed by atoms with Gasteiger partial charge in [0.15, 0.2) is 0 Å². The second kappa shape index (κ2) is 7.00. The van der Waals surface area contributed by atoms with Crippen molar-refractivity contribution in [3.05, 3.63) is 34.9 Å². The minimum absolute atomic E-state index is 0. The normalized spacial score (nSPS) is 8.33. The molecule has 1 rings (SSSR count). The smallest absolute Gasteiger partial charge is 0.545 e. The molecule has 1 aromatic rings. The second-order valence-electron chi connectivity index (χ2n) is 2.60. The number of carboxylic acids is 2. The van der Waals surface area contributed by atoms with E-state index >= 15 is 0 Å². The van der Waals surface area contributed by atoms with Gasteiger partial charge >= 0.3 is 44.8 Å². The van der Waals surface area contributed by atoms with E-state index < -0.39 is 11.9 Å². The first-order chi connectivity index (χ1) is 6.02. The van der Waals surface area contributed by atoms with E-state index in [0.29, 0.717) is 5.56 Å². The number of rotatable bonds is 2. The van der Waals surface area contributed by atoms with Crippen molar-refractivity contribution in [1.82, 2.24) is 0 Å². The molecule has 4 nitrogen and oxygen atoms in total. The fraction of sp³-hybridized carbons (Fsp3) is 0.111. The molecule has 0 radical (unpaired) electrons. The fourth-order valence-electron chi connectivity index (χ4n) is 1.02. The van der Waals surface area contributed by atoms with Crippen molar-refractivity contribution in [2.24, 2.45) is 0 Å². The van der Waals surface area contributed by atoms with E-state index in [-0.39, 0.29) is 55.9 Å². The summed E-state index contributed by atoms with van der Waals surface area (Å²) in [5.74, 6) is -2.64. The molecular formula is C9H6Ag2O4. The number of carboxylic acid groups (broad SMARTS) is 2. The molecule has 1 aromatic carbocycles. The molecule has 0 saturated carbocycles. The molecule has 15 heavy (non-hydrogen) atoms. The number of aryl methyl sites for hydroxylation is 1. The van der Waals surface area contributed by atoms with Gasteiger partial charge in [0, 0.05) is 5.56 Å². The summed E-state index contributed by atoms with van der Waals surface area (Å²) >= 11 is 0. The van der Waals surface area contributed by atoms with Crippen molar-refractivity contribution in [3.63, 3.8) is 0 Å². The molecule has 0 unspecified atom stereocenters. The minimum Gasteiger partial charge on any atom is -0.545 e. The monoisotopic (exact) mass is 392 g/mol. The predicted molar refractivity (Wildman–Crippen MR) is 39.8 cm³/mol. The number of hydrogen-bond acceptors (Lipinski definition) is 4. The van der Waals surface area contributed by atoms with Crippen LogP contribution in [0.3, 0.4) is 0 Å². The Balaban J connectivity index is 0. The van der Waals surface area contributed by atoms with E-state index in [9.17, 15) is 19.8 Å². The molecule has 0 saturated heterocycles. The van der Waals surface area contributed by atoms with Gasteiger partial charge < -0.3 is 19.8 Å². The largest absolute Gasteiger partial charge is 1.00 e. The second-order valence-corrected chi connectivity index (χ2v) is 2.60. The number of carbonyl (C=O) groups excluding carboxylic acids is 2. The summed E-state index contributed by atoms with van der Waals surface area (Å²) in [4.78, 5) is 20.8. The summed E-state index contributed by atoms with van der Waals surface area (Å²) < 4.78 is 0. The zero-order chi connectivity index (χ0) is 10.0. The van der Waals surface area contributed by atoms with Gasteiger partial charge in [-0.15, -0.1) is 0 Å². The van der Waals surface area contributed by atoms with E-state index in [4.69, 9.17) is 0 Å². The number of hydrogen-bond donors (Lipinski definition) is 0. The first-order valence-corrected chi connectivity index (χ1v) is 3.55. The average Bonchev–Trinajstić information content (AvgIpc) is 2.03. The van der Waals surface area contributed by atoms with Crippen LogP contribution in [0.25, 0.3) is 0 Å². The van der Waals surface area contributed by atoms with Crippen molar-refractivity contribution >= 4 is 11.9 Å². The van der Waals surface area contributed by atoms with Gasteiger partial charge in [0.2, 0.25) is 0 Å². The Morgan fingerprint density at radius 2 is 1.60 bits per heavy atom. The summed E-state index contributed by atoms with van der Waals surface area (Å²) in [5.41, 5.74) is 0.300. The molecule has 0 atom stereocenters. The van der Waals surface area contributed by atoms with Crippen LogP contribution in [0.5, 0.6) is 0 Å². The van der Waals surface area contributed by atoms with Crippen molar-refractivity contribution in [3.8, 4) is 0 Å². The predicted octanol–water partition coefficient (Wildman–Crippen LogP) is -1.28. The molecule has 0 aliphatic carbocycles. The van der Waals surface area contributed by atoms with E-state index in [2.05, 4.69) is 0 Å². The van der Waals surface area contributed by atoms with Gasteiger partial charge in [0.1, 0.15) is 0 Å². The summed E-state index contributed by atoms with van der Waals surface area (Å²) in [6.45, 7) is 1.50. The quantitative estimate of drug-likeness (QED) is 0.586. The molecule has 6 heteroatoms. The van der Waals surface area contributed by atoms with Crippen LogP contribution >= 0.6 is 0 Å². The maximum Gasteiger partial charge on any atom is 1.00 e. The van der Waals surface area contributed by atoms with Gasteiger partial charge in [0.25, 0.3) is 0 Å². The molecular weight excluding hydrogens is 388 g/mol. The summed E-state index contributed by atoms with van der Waals surface area (Å²) in [7, 11) is 0. The first-order valence-electron chi connectivity index (χ1n) is 3.55. The van der Waals surface area contributed by atoms with Gasteiger partial charge in [-0.25, -0.2) is 0 Å². The van der Waals surface area contributed by atoms with Gasteiger partial charge in [-0.2, -0.15) is 0 Å². The zero-order valence-corrected chi connectivity index (χ0v) is 10.4. The molecule has 0 bridgehead atoms. The van der Waals surface area contributed by atoms with Crippen LogP contribution in [-0.2, 0) is 44.8 Å². The minimum atomic E-state index is -1.33. The van der Waals surface area contributed by atoms with Crippen LogP contribution in [0.2, 0.25) is 0 Å². The Labute approximate surface area is 118 Å². The Kier molecular flexibility index (Phi) is 7.96. The topological polar surface area (TPSA) is 80.3 Å². The molecule has 0 aliphatic rings. The van der Waals surface area contributed by atoms with Gasteiger partial charge in [0.05, 0.1) is 11.9 Å². The number of benzene rings is 1. The fourth-order valence-corrected chi connectivity index (χ4v) is 1.02. The van der Waals surface area contributed by atoms with Crippen LogP contribution in [-0.4, -0.2) is 11.9 Å². The molecule has 0 amide bonds. The van der Waals surface area contributed by atoms with Gasteiger partial charge in [-0.3, -0.25) is 0 Å². The van der Waals surface area contributed by atoms with Crippen molar-refractivity contribution < 1.29 is 64.6 Å². The maximum atomic E-state index is 10.4. The maximum absolute atomic E-state index is 10.4. The molecule has 88 valence electrons. The molecule has 0 aliphatic heterocycles.